The number of unbranched alkanes of at least 4 members (excludes halogenated alkanes) is 2. The van der Waals surface area contributed by atoms with Crippen LogP contribution >= 0.6 is 0 Å². The first-order chi connectivity index (χ1) is 8.16. The molecule has 0 amide bonds. The van der Waals surface area contributed by atoms with Gasteiger partial charge >= 0.3 is 5.97 Å². The zero-order valence-electron chi connectivity index (χ0n) is 10.5. The number of hydrogen-bond donors (Lipinski definition) is 4. The maximum Gasteiger partial charge on any atom is 0.304 e. The van der Waals surface area contributed by atoms with Crippen molar-refractivity contribution in [3.63, 3.8) is 0 Å². The van der Waals surface area contributed by atoms with Crippen molar-refractivity contribution < 1.29 is 15.0 Å². The highest BCUT2D eigenvalue weighted by Crippen LogP contribution is 2.04. The number of nitrogens with one attached hydrogen (secondary N) is 2. The van der Waals surface area contributed by atoms with E-state index in [1.165, 1.54) is 0 Å². The van der Waals surface area contributed by atoms with Crippen molar-refractivity contribution in [3.8, 4) is 0 Å². The fourth-order valence-electron chi connectivity index (χ4n) is 1.30. The quantitative estimate of drug-likeness (QED) is 0.328. The molecular weight excluding hydrogens is 220 g/mol. The second-order valence-electron chi connectivity index (χ2n) is 3.94. The van der Waals surface area contributed by atoms with Gasteiger partial charge in [-0.05, 0) is 6.42 Å². The predicted octanol–water partition coefficient (Wildman–Crippen LogP) is 1.62. The number of carbonyl (C=O) groups is 1. The Morgan fingerprint density at radius 1 is 1.12 bits per heavy atom. The van der Waals surface area contributed by atoms with Gasteiger partial charge in [0.05, 0.1) is 6.42 Å². The van der Waals surface area contributed by atoms with Crippen LogP contribution in [0, 0.1) is 0 Å². The lowest BCUT2D eigenvalue weighted by atomic mass is 10.2. The van der Waals surface area contributed by atoms with Crippen molar-refractivity contribution in [3.05, 3.63) is 12.0 Å². The lowest BCUT2D eigenvalue weighted by Crippen LogP contribution is -2.26. The fraction of sp³-hybridized carbons (Fsp3) is 0.750. The third-order valence-corrected chi connectivity index (χ3v) is 2.27. The van der Waals surface area contributed by atoms with Gasteiger partial charge in [0.25, 0.3) is 0 Å². The van der Waals surface area contributed by atoms with Gasteiger partial charge in [-0.3, -0.25) is 4.79 Å². The summed E-state index contributed by atoms with van der Waals surface area (Å²) >= 11 is 0. The largest absolute Gasteiger partial charge is 0.511 e. The van der Waals surface area contributed by atoms with Gasteiger partial charge in [0.15, 0.2) is 0 Å². The standard InChI is InChI=1S/C12H24N2O3/c1-2-3-4-5-11(15)10-14-9-8-13-7-6-12(16)17/h10,13-15H,2-9H2,1H3,(H,16,17)/b11-10-. The molecule has 100 valence electrons. The highest BCUT2D eigenvalue weighted by Gasteiger charge is 1.95. The first-order valence-electron chi connectivity index (χ1n) is 6.20. The molecule has 0 aliphatic rings. The van der Waals surface area contributed by atoms with Crippen LogP contribution in [0.15, 0.2) is 12.0 Å². The average molecular weight is 244 g/mol. The SMILES string of the molecule is CCCCC/C(O)=C/NCCNCCC(=O)O. The van der Waals surface area contributed by atoms with E-state index in [0.29, 0.717) is 31.8 Å². The summed E-state index contributed by atoms with van der Waals surface area (Å²) in [7, 11) is 0. The molecular formula is C12H24N2O3. The van der Waals surface area contributed by atoms with E-state index >= 15 is 0 Å². The third-order valence-electron chi connectivity index (χ3n) is 2.27. The Bertz CT molecular complexity index is 230. The molecule has 4 N–H and O–H groups in total. The molecule has 0 radical (unpaired) electrons. The van der Waals surface area contributed by atoms with E-state index in [4.69, 9.17) is 5.11 Å². The summed E-state index contributed by atoms with van der Waals surface area (Å²) in [5.74, 6) is -0.414. The molecule has 17 heavy (non-hydrogen) atoms. The van der Waals surface area contributed by atoms with Crippen molar-refractivity contribution in [1.82, 2.24) is 10.6 Å². The van der Waals surface area contributed by atoms with Gasteiger partial charge < -0.3 is 20.8 Å². The summed E-state index contributed by atoms with van der Waals surface area (Å²) in [5.41, 5.74) is 0. The second kappa shape index (κ2) is 11.3. The van der Waals surface area contributed by atoms with E-state index in [0.717, 1.165) is 19.3 Å². The molecule has 0 aliphatic carbocycles. The zero-order chi connectivity index (χ0) is 12.9. The van der Waals surface area contributed by atoms with Gasteiger partial charge in [-0.2, -0.15) is 0 Å². The molecule has 0 unspecified atom stereocenters. The molecule has 5 nitrogen and oxygen atoms in total. The number of rotatable bonds is 11. The van der Waals surface area contributed by atoms with Gasteiger partial charge in [-0.15, -0.1) is 0 Å². The highest BCUT2D eigenvalue weighted by molar-refractivity contribution is 5.66. The van der Waals surface area contributed by atoms with Crippen LogP contribution in [0.2, 0.25) is 0 Å². The molecule has 0 atom stereocenters. The molecule has 0 saturated carbocycles. The minimum absolute atomic E-state index is 0.137. The van der Waals surface area contributed by atoms with Crippen LogP contribution in [0.3, 0.4) is 0 Å². The monoisotopic (exact) mass is 244 g/mol. The second-order valence-corrected chi connectivity index (χ2v) is 3.94. The molecule has 0 saturated heterocycles. The van der Waals surface area contributed by atoms with Crippen molar-refractivity contribution in [2.75, 3.05) is 19.6 Å². The van der Waals surface area contributed by atoms with E-state index in [1.807, 2.05) is 0 Å². The van der Waals surface area contributed by atoms with E-state index in [2.05, 4.69) is 17.6 Å². The van der Waals surface area contributed by atoms with Gasteiger partial charge in [-0.25, -0.2) is 0 Å². The molecule has 0 aromatic rings. The number of aliphatic hydroxyl groups is 1. The van der Waals surface area contributed by atoms with Crippen LogP contribution in [0.25, 0.3) is 0 Å². The topological polar surface area (TPSA) is 81.6 Å². The van der Waals surface area contributed by atoms with Crippen LogP contribution in [-0.2, 0) is 4.79 Å². The minimum atomic E-state index is -0.793. The lowest BCUT2D eigenvalue weighted by Gasteiger charge is -2.04. The van der Waals surface area contributed by atoms with E-state index < -0.39 is 5.97 Å². The number of hydrogen-bond acceptors (Lipinski definition) is 4. The third kappa shape index (κ3) is 12.7. The van der Waals surface area contributed by atoms with Crippen LogP contribution in [0.5, 0.6) is 0 Å². The van der Waals surface area contributed by atoms with Crippen LogP contribution in [-0.4, -0.2) is 35.8 Å². The van der Waals surface area contributed by atoms with Crippen LogP contribution in [0.1, 0.15) is 39.0 Å². The van der Waals surface area contributed by atoms with E-state index in [1.54, 1.807) is 6.20 Å². The summed E-state index contributed by atoms with van der Waals surface area (Å²) < 4.78 is 0. The Hall–Kier alpha value is -1.23. The van der Waals surface area contributed by atoms with Crippen molar-refractivity contribution in [2.45, 2.75) is 39.0 Å². The van der Waals surface area contributed by atoms with Gasteiger partial charge in [-0.1, -0.05) is 19.8 Å². The summed E-state index contributed by atoms with van der Waals surface area (Å²) in [4.78, 5) is 10.2. The Kier molecular flexibility index (Phi) is 10.4. The molecule has 0 aromatic carbocycles. The molecule has 0 aliphatic heterocycles. The number of aliphatic hydroxyl groups excluding tert-OH is 1. The molecule has 5 heteroatoms. The number of allylic oxidation sites excluding steroid dienone is 1. The summed E-state index contributed by atoms with van der Waals surface area (Å²) in [5, 5.41) is 23.8. The van der Waals surface area contributed by atoms with Gasteiger partial charge in [0.2, 0.25) is 0 Å². The van der Waals surface area contributed by atoms with E-state index in [9.17, 15) is 9.90 Å². The van der Waals surface area contributed by atoms with Gasteiger partial charge in [0.1, 0.15) is 5.76 Å². The number of carboxylic acid groups (broad SMARTS) is 1. The molecule has 0 aromatic heterocycles. The molecule has 0 bridgehead atoms. The zero-order valence-corrected chi connectivity index (χ0v) is 10.5. The maximum absolute atomic E-state index is 10.2. The summed E-state index contributed by atoms with van der Waals surface area (Å²) in [6.07, 6.45) is 5.76. The average Bonchev–Trinajstić information content (AvgIpc) is 2.28. The Morgan fingerprint density at radius 3 is 2.53 bits per heavy atom. The van der Waals surface area contributed by atoms with Crippen molar-refractivity contribution >= 4 is 5.97 Å². The molecule has 0 heterocycles. The maximum atomic E-state index is 10.2. The van der Waals surface area contributed by atoms with Crippen LogP contribution in [0.4, 0.5) is 0 Å². The van der Waals surface area contributed by atoms with Crippen LogP contribution < -0.4 is 10.6 Å². The molecule has 0 rings (SSSR count). The molecule has 0 fully saturated rings. The summed E-state index contributed by atoms with van der Waals surface area (Å²) in [6.45, 7) is 3.97. The van der Waals surface area contributed by atoms with Gasteiger partial charge in [0, 0.05) is 32.3 Å². The predicted molar refractivity (Wildman–Crippen MR) is 68.0 cm³/mol. The van der Waals surface area contributed by atoms with E-state index in [-0.39, 0.29) is 6.42 Å². The smallest absolute Gasteiger partial charge is 0.304 e. The Morgan fingerprint density at radius 2 is 1.88 bits per heavy atom. The highest BCUT2D eigenvalue weighted by atomic mass is 16.4. The van der Waals surface area contributed by atoms with Crippen molar-refractivity contribution in [1.29, 1.82) is 0 Å². The first kappa shape index (κ1) is 15.8. The van der Waals surface area contributed by atoms with Crippen molar-refractivity contribution in [2.24, 2.45) is 0 Å². The molecule has 0 spiro atoms. The number of aliphatic carboxylic acids is 1. The first-order valence-corrected chi connectivity index (χ1v) is 6.20. The number of carboxylic acids is 1. The minimum Gasteiger partial charge on any atom is -0.511 e. The Labute approximate surface area is 103 Å². The fourth-order valence-corrected chi connectivity index (χ4v) is 1.30. The summed E-state index contributed by atoms with van der Waals surface area (Å²) in [6, 6.07) is 0. The lowest BCUT2D eigenvalue weighted by molar-refractivity contribution is -0.136. The Balaban J connectivity index is 3.30. The normalized spacial score (nSPS) is 11.5.